The molecule has 2 aliphatic heterocycles. The lowest BCUT2D eigenvalue weighted by atomic mass is 9.89. The normalized spacial score (nSPS) is 22.5. The fourth-order valence-corrected chi connectivity index (χ4v) is 4.15. The molecule has 0 aromatic heterocycles. The SMILES string of the molecule is CC1(c2cccc(NC(=O)c3cccc4c3OC(F)(F)O4)c2)CCSC(N)=N1. The summed E-state index contributed by atoms with van der Waals surface area (Å²) in [6.45, 7) is 1.98. The standard InChI is InChI=1S/C19H17F2N3O3S/c1-18(8-9-28-17(22)24-18)11-4-2-5-12(10-11)23-16(25)13-6-3-7-14-15(13)27-19(20,21)26-14/h2-7,10H,8-9H2,1H3,(H2,22,24)(H,23,25). The zero-order chi connectivity index (χ0) is 19.9. The van der Waals surface area contributed by atoms with Gasteiger partial charge in [-0.1, -0.05) is 30.0 Å². The van der Waals surface area contributed by atoms with E-state index >= 15 is 0 Å². The van der Waals surface area contributed by atoms with E-state index in [4.69, 9.17) is 5.73 Å². The van der Waals surface area contributed by atoms with Gasteiger partial charge in [-0.3, -0.25) is 9.79 Å². The van der Waals surface area contributed by atoms with Crippen LogP contribution in [0.4, 0.5) is 14.5 Å². The predicted molar refractivity (Wildman–Crippen MR) is 103 cm³/mol. The monoisotopic (exact) mass is 405 g/mol. The second-order valence-corrected chi connectivity index (χ2v) is 7.77. The molecule has 0 aliphatic carbocycles. The zero-order valence-electron chi connectivity index (χ0n) is 14.9. The molecule has 4 rings (SSSR count). The van der Waals surface area contributed by atoms with Crippen LogP contribution < -0.4 is 20.5 Å². The number of fused-ring (bicyclic) bond motifs is 1. The Morgan fingerprint density at radius 2 is 2.04 bits per heavy atom. The minimum atomic E-state index is -3.79. The Morgan fingerprint density at radius 3 is 2.82 bits per heavy atom. The Hall–Kier alpha value is -2.81. The molecular formula is C19H17F2N3O3S. The molecule has 1 unspecified atom stereocenters. The Bertz CT molecular complexity index is 983. The molecule has 3 N–H and O–H groups in total. The van der Waals surface area contributed by atoms with Gasteiger partial charge in [-0.2, -0.15) is 0 Å². The van der Waals surface area contributed by atoms with Crippen molar-refractivity contribution in [2.24, 2.45) is 10.7 Å². The molecule has 9 heteroatoms. The maximum atomic E-state index is 13.3. The fourth-order valence-electron chi connectivity index (χ4n) is 3.17. The highest BCUT2D eigenvalue weighted by atomic mass is 32.2. The Balaban J connectivity index is 1.59. The number of carbonyl (C=O) groups is 1. The molecule has 0 saturated heterocycles. The van der Waals surface area contributed by atoms with Gasteiger partial charge in [0, 0.05) is 11.4 Å². The molecule has 1 amide bonds. The van der Waals surface area contributed by atoms with Crippen molar-refractivity contribution in [1.82, 2.24) is 0 Å². The third-order valence-electron chi connectivity index (χ3n) is 4.61. The number of amides is 1. The molecule has 0 bridgehead atoms. The van der Waals surface area contributed by atoms with Gasteiger partial charge in [-0.05, 0) is 43.2 Å². The first-order valence-electron chi connectivity index (χ1n) is 8.55. The first-order chi connectivity index (χ1) is 13.3. The number of amidine groups is 1. The van der Waals surface area contributed by atoms with Crippen LogP contribution in [0.2, 0.25) is 0 Å². The van der Waals surface area contributed by atoms with Gasteiger partial charge in [0.05, 0.1) is 11.1 Å². The number of nitrogens with one attached hydrogen (secondary N) is 1. The van der Waals surface area contributed by atoms with E-state index < -0.39 is 17.7 Å². The number of aliphatic imine (C=N–C) groups is 1. The van der Waals surface area contributed by atoms with Crippen molar-refractivity contribution in [2.75, 3.05) is 11.1 Å². The number of halogens is 2. The molecular weight excluding hydrogens is 388 g/mol. The summed E-state index contributed by atoms with van der Waals surface area (Å²) in [4.78, 5) is 17.2. The van der Waals surface area contributed by atoms with Gasteiger partial charge >= 0.3 is 6.29 Å². The van der Waals surface area contributed by atoms with Crippen LogP contribution in [0.25, 0.3) is 0 Å². The molecule has 2 aromatic carbocycles. The van der Waals surface area contributed by atoms with Crippen molar-refractivity contribution >= 4 is 28.5 Å². The summed E-state index contributed by atoms with van der Waals surface area (Å²) in [6.07, 6.45) is -2.98. The van der Waals surface area contributed by atoms with Crippen molar-refractivity contribution < 1.29 is 23.0 Å². The lowest BCUT2D eigenvalue weighted by Crippen LogP contribution is -2.28. The van der Waals surface area contributed by atoms with E-state index in [9.17, 15) is 13.6 Å². The maximum absolute atomic E-state index is 13.3. The van der Waals surface area contributed by atoms with Gasteiger partial charge in [0.2, 0.25) is 0 Å². The summed E-state index contributed by atoms with van der Waals surface area (Å²) < 4.78 is 35.6. The number of anilines is 1. The third kappa shape index (κ3) is 3.49. The second kappa shape index (κ2) is 6.66. The fraction of sp³-hybridized carbons (Fsp3) is 0.263. The van der Waals surface area contributed by atoms with Crippen LogP contribution >= 0.6 is 11.8 Å². The van der Waals surface area contributed by atoms with Crippen molar-refractivity contribution in [1.29, 1.82) is 0 Å². The van der Waals surface area contributed by atoms with Crippen LogP contribution in [0.5, 0.6) is 11.5 Å². The van der Waals surface area contributed by atoms with E-state index in [1.54, 1.807) is 18.2 Å². The number of carbonyl (C=O) groups excluding carboxylic acids is 1. The minimum Gasteiger partial charge on any atom is -0.395 e. The molecule has 28 heavy (non-hydrogen) atoms. The molecule has 2 aromatic rings. The Kier molecular flexibility index (Phi) is 4.41. The van der Waals surface area contributed by atoms with E-state index in [1.807, 2.05) is 13.0 Å². The van der Waals surface area contributed by atoms with Crippen molar-refractivity contribution in [3.05, 3.63) is 53.6 Å². The molecule has 0 spiro atoms. The van der Waals surface area contributed by atoms with Gasteiger partial charge < -0.3 is 20.5 Å². The van der Waals surface area contributed by atoms with E-state index in [0.29, 0.717) is 10.9 Å². The van der Waals surface area contributed by atoms with Gasteiger partial charge in [-0.25, -0.2) is 0 Å². The minimum absolute atomic E-state index is 0.0392. The molecule has 2 aliphatic rings. The van der Waals surface area contributed by atoms with Gasteiger partial charge in [0.15, 0.2) is 16.7 Å². The number of nitrogens with two attached hydrogens (primary N) is 1. The summed E-state index contributed by atoms with van der Waals surface area (Å²) in [5.41, 5.74) is 6.76. The molecule has 2 heterocycles. The lowest BCUT2D eigenvalue weighted by molar-refractivity contribution is -0.286. The number of nitrogens with zero attached hydrogens (tertiary/aromatic N) is 1. The molecule has 0 fully saturated rings. The van der Waals surface area contributed by atoms with E-state index in [1.165, 1.54) is 30.0 Å². The second-order valence-electron chi connectivity index (χ2n) is 6.66. The summed E-state index contributed by atoms with van der Waals surface area (Å²) in [7, 11) is 0. The predicted octanol–water partition coefficient (Wildman–Crippen LogP) is 3.93. The number of thioether (sulfide) groups is 1. The summed E-state index contributed by atoms with van der Waals surface area (Å²) in [5, 5.41) is 3.25. The maximum Gasteiger partial charge on any atom is 0.586 e. The number of ether oxygens (including phenoxy) is 2. The van der Waals surface area contributed by atoms with E-state index in [0.717, 1.165) is 17.7 Å². The summed E-state index contributed by atoms with van der Waals surface area (Å²) >= 11 is 1.51. The summed E-state index contributed by atoms with van der Waals surface area (Å²) in [6, 6.07) is 11.4. The van der Waals surface area contributed by atoms with Gasteiger partial charge in [-0.15, -0.1) is 8.78 Å². The Morgan fingerprint density at radius 1 is 1.25 bits per heavy atom. The first-order valence-corrected chi connectivity index (χ1v) is 9.53. The molecule has 6 nitrogen and oxygen atoms in total. The number of hydrogen-bond acceptors (Lipinski definition) is 6. The zero-order valence-corrected chi connectivity index (χ0v) is 15.7. The van der Waals surface area contributed by atoms with Crippen LogP contribution in [0.15, 0.2) is 47.5 Å². The van der Waals surface area contributed by atoms with Crippen molar-refractivity contribution in [3.8, 4) is 11.5 Å². The third-order valence-corrected chi connectivity index (χ3v) is 5.41. The molecule has 0 radical (unpaired) electrons. The smallest absolute Gasteiger partial charge is 0.395 e. The van der Waals surface area contributed by atoms with Crippen LogP contribution in [0, 0.1) is 0 Å². The molecule has 1 atom stereocenters. The number of para-hydroxylation sites is 1. The number of benzene rings is 2. The number of alkyl halides is 2. The van der Waals surface area contributed by atoms with Crippen LogP contribution in [0.1, 0.15) is 29.3 Å². The highest BCUT2D eigenvalue weighted by Gasteiger charge is 2.45. The highest BCUT2D eigenvalue weighted by Crippen LogP contribution is 2.43. The van der Waals surface area contributed by atoms with Crippen molar-refractivity contribution in [3.63, 3.8) is 0 Å². The Labute approximate surface area is 164 Å². The quantitative estimate of drug-likeness (QED) is 0.808. The highest BCUT2D eigenvalue weighted by molar-refractivity contribution is 8.13. The average molecular weight is 405 g/mol. The molecule has 0 saturated carbocycles. The van der Waals surface area contributed by atoms with Crippen LogP contribution in [-0.4, -0.2) is 23.1 Å². The topological polar surface area (TPSA) is 85.9 Å². The number of rotatable bonds is 3. The lowest BCUT2D eigenvalue weighted by Gasteiger charge is -2.30. The summed E-state index contributed by atoms with van der Waals surface area (Å²) in [5.74, 6) is -0.190. The van der Waals surface area contributed by atoms with Crippen LogP contribution in [0.3, 0.4) is 0 Å². The van der Waals surface area contributed by atoms with E-state index in [2.05, 4.69) is 19.8 Å². The molecule has 146 valence electrons. The number of hydrogen-bond donors (Lipinski definition) is 2. The van der Waals surface area contributed by atoms with Gasteiger partial charge in [0.1, 0.15) is 0 Å². The average Bonchev–Trinajstić information content (AvgIpc) is 2.95. The largest absolute Gasteiger partial charge is 0.586 e. The first kappa shape index (κ1) is 18.5. The van der Waals surface area contributed by atoms with Crippen molar-refractivity contribution in [2.45, 2.75) is 25.2 Å². The van der Waals surface area contributed by atoms with Gasteiger partial charge in [0.25, 0.3) is 5.91 Å². The van der Waals surface area contributed by atoms with E-state index in [-0.39, 0.29) is 17.1 Å². The van der Waals surface area contributed by atoms with Crippen LogP contribution in [-0.2, 0) is 5.54 Å².